The maximum absolute atomic E-state index is 11.8. The topological polar surface area (TPSA) is 89.3 Å². The van der Waals surface area contributed by atoms with Crippen molar-refractivity contribution >= 4 is 5.84 Å². The lowest BCUT2D eigenvalue weighted by molar-refractivity contribution is -0.137. The molecular weight excluding hydrogens is 215 g/mol. The third-order valence-electron chi connectivity index (χ3n) is 1.50. The summed E-state index contributed by atoms with van der Waals surface area (Å²) >= 11 is 0. The standard InChI is InChI=1S/C6H8F3N5O/c7-6(8,9)1-2-14-3-11-5(12-14)4(10)13-15/h3,15H,1-2H2,(H2,10,13). The molecule has 1 rings (SSSR count). The average Bonchev–Trinajstić information content (AvgIpc) is 2.61. The van der Waals surface area contributed by atoms with Crippen LogP contribution in [0.3, 0.4) is 0 Å². The average molecular weight is 223 g/mol. The Morgan fingerprint density at radius 1 is 1.60 bits per heavy atom. The van der Waals surface area contributed by atoms with Gasteiger partial charge in [-0.1, -0.05) is 5.16 Å². The lowest BCUT2D eigenvalue weighted by atomic mass is 10.4. The van der Waals surface area contributed by atoms with Gasteiger partial charge in [0.1, 0.15) is 6.33 Å². The van der Waals surface area contributed by atoms with Crippen LogP contribution in [0.5, 0.6) is 0 Å². The van der Waals surface area contributed by atoms with Crippen molar-refractivity contribution in [2.45, 2.75) is 19.1 Å². The molecule has 0 radical (unpaired) electrons. The Morgan fingerprint density at radius 2 is 2.27 bits per heavy atom. The van der Waals surface area contributed by atoms with Crippen LogP contribution in [0.4, 0.5) is 13.2 Å². The van der Waals surface area contributed by atoms with Crippen molar-refractivity contribution in [3.63, 3.8) is 0 Å². The van der Waals surface area contributed by atoms with E-state index in [1.54, 1.807) is 0 Å². The first-order chi connectivity index (χ1) is 6.92. The summed E-state index contributed by atoms with van der Waals surface area (Å²) in [5.74, 6) is -0.458. The molecule has 0 unspecified atom stereocenters. The summed E-state index contributed by atoms with van der Waals surface area (Å²) in [4.78, 5) is 3.56. The van der Waals surface area contributed by atoms with Gasteiger partial charge in [0.25, 0.3) is 0 Å². The van der Waals surface area contributed by atoms with Crippen LogP contribution in [0.15, 0.2) is 11.5 Å². The Balaban J connectivity index is 2.61. The van der Waals surface area contributed by atoms with Crippen LogP contribution in [0.25, 0.3) is 0 Å². The zero-order valence-electron chi connectivity index (χ0n) is 7.44. The lowest BCUT2D eigenvalue weighted by Crippen LogP contribution is -2.16. The summed E-state index contributed by atoms with van der Waals surface area (Å²) < 4.78 is 36.4. The van der Waals surface area contributed by atoms with E-state index in [2.05, 4.69) is 15.2 Å². The van der Waals surface area contributed by atoms with Gasteiger partial charge in [-0.3, -0.25) is 4.68 Å². The van der Waals surface area contributed by atoms with E-state index in [0.717, 1.165) is 11.0 Å². The van der Waals surface area contributed by atoms with Gasteiger partial charge in [-0.25, -0.2) is 4.98 Å². The van der Waals surface area contributed by atoms with Crippen molar-refractivity contribution in [2.24, 2.45) is 10.9 Å². The molecule has 0 amide bonds. The lowest BCUT2D eigenvalue weighted by Gasteiger charge is -2.04. The number of hydrogen-bond donors (Lipinski definition) is 2. The Kier molecular flexibility index (Phi) is 3.12. The molecule has 0 aliphatic heterocycles. The van der Waals surface area contributed by atoms with Gasteiger partial charge >= 0.3 is 6.18 Å². The SMILES string of the molecule is NC(=NO)c1ncn(CCC(F)(F)F)n1. The molecule has 0 spiro atoms. The maximum atomic E-state index is 11.8. The molecule has 3 N–H and O–H groups in total. The fourth-order valence-corrected chi connectivity index (χ4v) is 0.806. The molecule has 0 atom stereocenters. The smallest absolute Gasteiger partial charge is 0.390 e. The molecule has 0 bridgehead atoms. The van der Waals surface area contributed by atoms with Crippen molar-refractivity contribution in [3.05, 3.63) is 12.2 Å². The third-order valence-corrected chi connectivity index (χ3v) is 1.50. The van der Waals surface area contributed by atoms with Crippen molar-refractivity contribution in [1.29, 1.82) is 0 Å². The van der Waals surface area contributed by atoms with Crippen molar-refractivity contribution in [3.8, 4) is 0 Å². The summed E-state index contributed by atoms with van der Waals surface area (Å²) in [6.45, 7) is -0.352. The van der Waals surface area contributed by atoms with Crippen LogP contribution < -0.4 is 5.73 Å². The van der Waals surface area contributed by atoms with Gasteiger partial charge in [0.05, 0.1) is 13.0 Å². The van der Waals surface area contributed by atoms with E-state index in [4.69, 9.17) is 10.9 Å². The van der Waals surface area contributed by atoms with Crippen LogP contribution in [0.1, 0.15) is 12.2 Å². The van der Waals surface area contributed by atoms with E-state index in [-0.39, 0.29) is 18.2 Å². The number of amidine groups is 1. The molecule has 84 valence electrons. The number of hydrogen-bond acceptors (Lipinski definition) is 4. The molecular formula is C6H8F3N5O. The third kappa shape index (κ3) is 3.44. The Morgan fingerprint density at radius 3 is 2.80 bits per heavy atom. The minimum absolute atomic E-state index is 0.111. The summed E-state index contributed by atoms with van der Waals surface area (Å²) in [5.41, 5.74) is 5.13. The highest BCUT2D eigenvalue weighted by Gasteiger charge is 2.26. The molecule has 1 aromatic heterocycles. The molecule has 0 saturated heterocycles. The molecule has 0 aromatic carbocycles. The van der Waals surface area contributed by atoms with Crippen molar-refractivity contribution in [1.82, 2.24) is 14.8 Å². The number of nitrogens with zero attached hydrogens (tertiary/aromatic N) is 4. The molecule has 6 nitrogen and oxygen atoms in total. The number of aryl methyl sites for hydroxylation is 1. The summed E-state index contributed by atoms with van der Waals surface area (Å²) in [5, 5.41) is 14.4. The number of rotatable bonds is 3. The van der Waals surface area contributed by atoms with Crippen LogP contribution in [-0.2, 0) is 6.54 Å². The van der Waals surface area contributed by atoms with Crippen LogP contribution in [0, 0.1) is 0 Å². The summed E-state index contributed by atoms with van der Waals surface area (Å²) in [6, 6.07) is 0. The van der Waals surface area contributed by atoms with E-state index in [9.17, 15) is 13.2 Å². The van der Waals surface area contributed by atoms with E-state index in [0.29, 0.717) is 0 Å². The van der Waals surface area contributed by atoms with Crippen LogP contribution in [-0.4, -0.2) is 32.0 Å². The van der Waals surface area contributed by atoms with E-state index < -0.39 is 12.6 Å². The predicted molar refractivity (Wildman–Crippen MR) is 43.2 cm³/mol. The number of aromatic nitrogens is 3. The van der Waals surface area contributed by atoms with E-state index in [1.807, 2.05) is 0 Å². The minimum Gasteiger partial charge on any atom is -0.409 e. The summed E-state index contributed by atoms with van der Waals surface area (Å²) in [6.07, 6.45) is -4.17. The zero-order chi connectivity index (χ0) is 11.5. The molecule has 9 heteroatoms. The molecule has 0 aliphatic rings. The largest absolute Gasteiger partial charge is 0.409 e. The molecule has 15 heavy (non-hydrogen) atoms. The van der Waals surface area contributed by atoms with Gasteiger partial charge in [0.15, 0.2) is 0 Å². The Hall–Kier alpha value is -1.80. The molecule has 1 heterocycles. The predicted octanol–water partition coefficient (Wildman–Crippen LogP) is 0.325. The number of alkyl halides is 3. The van der Waals surface area contributed by atoms with Gasteiger partial charge in [-0.2, -0.15) is 13.2 Å². The van der Waals surface area contributed by atoms with Gasteiger partial charge in [0.2, 0.25) is 11.7 Å². The fourth-order valence-electron chi connectivity index (χ4n) is 0.806. The molecule has 0 saturated carbocycles. The van der Waals surface area contributed by atoms with Crippen molar-refractivity contribution in [2.75, 3.05) is 0 Å². The highest BCUT2D eigenvalue weighted by molar-refractivity contribution is 5.93. The van der Waals surface area contributed by atoms with Crippen LogP contribution in [0.2, 0.25) is 0 Å². The first kappa shape index (κ1) is 11.3. The van der Waals surface area contributed by atoms with Gasteiger partial charge in [-0.15, -0.1) is 5.10 Å². The molecule has 0 aliphatic carbocycles. The monoisotopic (exact) mass is 223 g/mol. The van der Waals surface area contributed by atoms with E-state index >= 15 is 0 Å². The molecule has 0 fully saturated rings. The number of oxime groups is 1. The summed E-state index contributed by atoms with van der Waals surface area (Å²) in [7, 11) is 0. The maximum Gasteiger partial charge on any atom is 0.390 e. The zero-order valence-corrected chi connectivity index (χ0v) is 7.44. The minimum atomic E-state index is -4.25. The normalized spacial score (nSPS) is 13.1. The second kappa shape index (κ2) is 4.15. The number of nitrogens with two attached hydrogens (primary N) is 1. The second-order valence-electron chi connectivity index (χ2n) is 2.68. The highest BCUT2D eigenvalue weighted by Crippen LogP contribution is 2.19. The number of halogens is 3. The van der Waals surface area contributed by atoms with Crippen molar-refractivity contribution < 1.29 is 18.4 Å². The van der Waals surface area contributed by atoms with Gasteiger partial charge in [0, 0.05) is 0 Å². The quantitative estimate of drug-likeness (QED) is 0.334. The van der Waals surface area contributed by atoms with Gasteiger partial charge < -0.3 is 10.9 Å². The van der Waals surface area contributed by atoms with Gasteiger partial charge in [-0.05, 0) is 0 Å². The Bertz CT molecular complexity index is 358. The first-order valence-corrected chi connectivity index (χ1v) is 3.86. The first-order valence-electron chi connectivity index (χ1n) is 3.86. The van der Waals surface area contributed by atoms with Crippen LogP contribution >= 0.6 is 0 Å². The van der Waals surface area contributed by atoms with E-state index in [1.165, 1.54) is 0 Å². The fraction of sp³-hybridized carbons (Fsp3) is 0.500. The highest BCUT2D eigenvalue weighted by atomic mass is 19.4. The Labute approximate surface area is 82.2 Å². The molecule has 1 aromatic rings. The second-order valence-corrected chi connectivity index (χ2v) is 2.68.